The highest BCUT2D eigenvalue weighted by Crippen LogP contribution is 2.34. The largest absolute Gasteiger partial charge is 0.343 e. The number of nitrogens with zero attached hydrogens (tertiary/aromatic N) is 3. The molecule has 2 rings (SSSR count). The molecule has 0 aliphatic carbocycles. The molecule has 2 heterocycles. The van der Waals surface area contributed by atoms with Crippen molar-refractivity contribution in [1.29, 1.82) is 0 Å². The summed E-state index contributed by atoms with van der Waals surface area (Å²) in [5.74, 6) is 5.57. The lowest BCUT2D eigenvalue weighted by Crippen LogP contribution is -2.13. The molecule has 0 unspecified atom stereocenters. The van der Waals surface area contributed by atoms with E-state index in [0.717, 1.165) is 11.8 Å². The van der Waals surface area contributed by atoms with E-state index >= 15 is 0 Å². The Labute approximate surface area is 116 Å². The predicted molar refractivity (Wildman–Crippen MR) is 70.0 cm³/mol. The Bertz CT molecular complexity index is 639. The van der Waals surface area contributed by atoms with E-state index in [1.54, 1.807) is 7.05 Å². The first-order valence-electron chi connectivity index (χ1n) is 4.65. The second-order valence-corrected chi connectivity index (χ2v) is 4.99. The van der Waals surface area contributed by atoms with Crippen LogP contribution in [0, 0.1) is 0 Å². The number of nitrogens with one attached hydrogen (secondary N) is 2. The fourth-order valence-corrected chi connectivity index (χ4v) is 2.44. The van der Waals surface area contributed by atoms with E-state index in [1.807, 2.05) is 0 Å². The van der Waals surface area contributed by atoms with Crippen LogP contribution in [0.2, 0.25) is 10.0 Å². The standard InChI is InChI=1S/C8H8Cl2N6OS/c1-16-7(17)14-15-8(16)18-6-4(10)2-3(9)5(12-6)13-11/h2H,11H2,1H3,(H,12,13)(H,14,17). The van der Waals surface area contributed by atoms with Crippen LogP contribution in [0.3, 0.4) is 0 Å². The van der Waals surface area contributed by atoms with Gasteiger partial charge in [-0.15, -0.1) is 5.10 Å². The number of H-pyrrole nitrogens is 1. The number of aromatic nitrogens is 4. The van der Waals surface area contributed by atoms with Crippen molar-refractivity contribution >= 4 is 40.8 Å². The summed E-state index contributed by atoms with van der Waals surface area (Å²) in [7, 11) is 1.58. The van der Waals surface area contributed by atoms with Crippen molar-refractivity contribution in [3.05, 3.63) is 26.6 Å². The molecule has 7 nitrogen and oxygen atoms in total. The monoisotopic (exact) mass is 306 g/mol. The fourth-order valence-electron chi connectivity index (χ4n) is 1.13. The first-order valence-corrected chi connectivity index (χ1v) is 6.22. The molecule has 2 aromatic heterocycles. The van der Waals surface area contributed by atoms with Gasteiger partial charge in [0.2, 0.25) is 0 Å². The molecular weight excluding hydrogens is 299 g/mol. The summed E-state index contributed by atoms with van der Waals surface area (Å²) in [6, 6.07) is 1.51. The number of hydrazine groups is 1. The molecule has 0 amide bonds. The summed E-state index contributed by atoms with van der Waals surface area (Å²) in [5.41, 5.74) is 2.04. The van der Waals surface area contributed by atoms with Crippen LogP contribution in [0.25, 0.3) is 0 Å². The molecule has 0 saturated heterocycles. The van der Waals surface area contributed by atoms with Gasteiger partial charge in [0.15, 0.2) is 11.0 Å². The van der Waals surface area contributed by atoms with E-state index in [4.69, 9.17) is 29.0 Å². The molecule has 0 bridgehead atoms. The highest BCUT2D eigenvalue weighted by atomic mass is 35.5. The van der Waals surface area contributed by atoms with Crippen molar-refractivity contribution in [2.75, 3.05) is 5.43 Å². The molecule has 10 heteroatoms. The van der Waals surface area contributed by atoms with Gasteiger partial charge in [-0.2, -0.15) is 0 Å². The van der Waals surface area contributed by atoms with Gasteiger partial charge in [0, 0.05) is 7.05 Å². The maximum atomic E-state index is 11.2. The minimum Gasteiger partial charge on any atom is -0.307 e. The molecule has 0 aliphatic heterocycles. The van der Waals surface area contributed by atoms with Crippen LogP contribution in [0.1, 0.15) is 0 Å². The number of hydrogen-bond donors (Lipinski definition) is 3. The third-order valence-corrected chi connectivity index (χ3v) is 3.80. The Balaban J connectivity index is 2.40. The summed E-state index contributed by atoms with van der Waals surface area (Å²) in [6.07, 6.45) is 0. The third-order valence-electron chi connectivity index (χ3n) is 2.06. The van der Waals surface area contributed by atoms with Gasteiger partial charge >= 0.3 is 5.69 Å². The van der Waals surface area contributed by atoms with Crippen molar-refractivity contribution in [1.82, 2.24) is 19.7 Å². The van der Waals surface area contributed by atoms with E-state index < -0.39 is 0 Å². The van der Waals surface area contributed by atoms with Gasteiger partial charge in [-0.3, -0.25) is 4.57 Å². The van der Waals surface area contributed by atoms with Crippen molar-refractivity contribution in [2.24, 2.45) is 12.9 Å². The van der Waals surface area contributed by atoms with Gasteiger partial charge in [0.25, 0.3) is 0 Å². The summed E-state index contributed by atoms with van der Waals surface area (Å²) < 4.78 is 1.34. The first kappa shape index (κ1) is 13.2. The smallest absolute Gasteiger partial charge is 0.307 e. The molecular formula is C8H8Cl2N6OS. The number of hydrogen-bond acceptors (Lipinski definition) is 6. The van der Waals surface area contributed by atoms with Crippen molar-refractivity contribution < 1.29 is 0 Å². The molecule has 18 heavy (non-hydrogen) atoms. The molecule has 0 saturated carbocycles. The van der Waals surface area contributed by atoms with E-state index in [9.17, 15) is 4.79 Å². The number of pyridine rings is 1. The third kappa shape index (κ3) is 2.46. The fraction of sp³-hybridized carbons (Fsp3) is 0.125. The predicted octanol–water partition coefficient (Wildman–Crippen LogP) is 1.25. The molecule has 0 fully saturated rings. The number of nitrogens with two attached hydrogens (primary N) is 1. The quantitative estimate of drug-likeness (QED) is 0.582. The minimum absolute atomic E-state index is 0.295. The molecule has 0 radical (unpaired) electrons. The number of anilines is 1. The van der Waals surface area contributed by atoms with Crippen LogP contribution in [0.5, 0.6) is 0 Å². The number of halogens is 2. The molecule has 4 N–H and O–H groups in total. The molecule has 96 valence electrons. The van der Waals surface area contributed by atoms with Crippen molar-refractivity contribution in [3.63, 3.8) is 0 Å². The minimum atomic E-state index is -0.320. The van der Waals surface area contributed by atoms with Gasteiger partial charge < -0.3 is 5.43 Å². The summed E-state index contributed by atoms with van der Waals surface area (Å²) in [6.45, 7) is 0. The lowest BCUT2D eigenvalue weighted by atomic mass is 10.4. The number of aromatic amines is 1. The molecule has 0 aromatic carbocycles. The first-order chi connectivity index (χ1) is 8.52. The average Bonchev–Trinajstić information content (AvgIpc) is 2.64. The van der Waals surface area contributed by atoms with Crippen LogP contribution in [0.15, 0.2) is 21.0 Å². The van der Waals surface area contributed by atoms with E-state index in [1.165, 1.54) is 10.6 Å². The second-order valence-electron chi connectivity index (χ2n) is 3.22. The van der Waals surface area contributed by atoms with Crippen molar-refractivity contribution in [3.8, 4) is 0 Å². The van der Waals surface area contributed by atoms with Crippen LogP contribution in [-0.4, -0.2) is 19.7 Å². The Kier molecular flexibility index (Phi) is 3.81. The highest BCUT2D eigenvalue weighted by Gasteiger charge is 2.13. The zero-order valence-electron chi connectivity index (χ0n) is 9.07. The highest BCUT2D eigenvalue weighted by molar-refractivity contribution is 7.99. The number of nitrogen functional groups attached to an aromatic ring is 1. The summed E-state index contributed by atoms with van der Waals surface area (Å²) in [5, 5.41) is 7.68. The van der Waals surface area contributed by atoms with E-state index in [2.05, 4.69) is 20.6 Å². The SMILES string of the molecule is Cn1c(Sc2nc(NN)c(Cl)cc2Cl)n[nH]c1=O. The summed E-state index contributed by atoms with van der Waals surface area (Å²) in [4.78, 5) is 15.3. The van der Waals surface area contributed by atoms with Gasteiger partial charge in [0.1, 0.15) is 5.03 Å². The van der Waals surface area contributed by atoms with Gasteiger partial charge in [-0.1, -0.05) is 23.2 Å². The Morgan fingerprint density at radius 1 is 1.50 bits per heavy atom. The molecule has 0 aliphatic rings. The Hall–Kier alpha value is -1.22. The molecule has 0 spiro atoms. The Morgan fingerprint density at radius 2 is 2.22 bits per heavy atom. The van der Waals surface area contributed by atoms with E-state index in [-0.39, 0.29) is 5.69 Å². The van der Waals surface area contributed by atoms with Crippen LogP contribution in [0.4, 0.5) is 5.82 Å². The normalized spacial score (nSPS) is 10.7. The van der Waals surface area contributed by atoms with Crippen LogP contribution >= 0.6 is 35.0 Å². The molecule has 2 aromatic rings. The maximum Gasteiger partial charge on any atom is 0.343 e. The lowest BCUT2D eigenvalue weighted by Gasteiger charge is -2.07. The van der Waals surface area contributed by atoms with Crippen LogP contribution < -0.4 is 17.0 Å². The van der Waals surface area contributed by atoms with E-state index in [0.29, 0.717) is 26.0 Å². The second kappa shape index (κ2) is 5.19. The lowest BCUT2D eigenvalue weighted by molar-refractivity contribution is 0.765. The van der Waals surface area contributed by atoms with Gasteiger partial charge in [-0.25, -0.2) is 20.7 Å². The topological polar surface area (TPSA) is 102 Å². The average molecular weight is 307 g/mol. The zero-order valence-corrected chi connectivity index (χ0v) is 11.4. The Morgan fingerprint density at radius 3 is 2.78 bits per heavy atom. The zero-order chi connectivity index (χ0) is 13.3. The molecule has 0 atom stereocenters. The maximum absolute atomic E-state index is 11.2. The number of rotatable bonds is 3. The van der Waals surface area contributed by atoms with Gasteiger partial charge in [-0.05, 0) is 17.8 Å². The van der Waals surface area contributed by atoms with Gasteiger partial charge in [0.05, 0.1) is 10.0 Å². The van der Waals surface area contributed by atoms with Crippen molar-refractivity contribution in [2.45, 2.75) is 10.2 Å². The van der Waals surface area contributed by atoms with Crippen LogP contribution in [-0.2, 0) is 7.05 Å². The summed E-state index contributed by atoms with van der Waals surface area (Å²) >= 11 is 13.0.